The summed E-state index contributed by atoms with van der Waals surface area (Å²) in [7, 11) is 1.62. The van der Waals surface area contributed by atoms with Crippen molar-refractivity contribution in [1.82, 2.24) is 0 Å². The van der Waals surface area contributed by atoms with E-state index in [0.717, 1.165) is 43.1 Å². The van der Waals surface area contributed by atoms with Crippen LogP contribution in [-0.2, 0) is 0 Å². The van der Waals surface area contributed by atoms with Crippen LogP contribution < -0.4 is 9.64 Å². The van der Waals surface area contributed by atoms with E-state index in [2.05, 4.69) is 4.90 Å². The number of Topliss-reactive ketones (excluding diaryl/α,β-unsaturated/α-hetero) is 1. The zero-order valence-corrected chi connectivity index (χ0v) is 14.6. The molecule has 1 heterocycles. The quantitative estimate of drug-likeness (QED) is 0.762. The van der Waals surface area contributed by atoms with Gasteiger partial charge in [0, 0.05) is 24.2 Å². The van der Waals surface area contributed by atoms with Crippen molar-refractivity contribution in [3.8, 4) is 5.75 Å². The highest BCUT2D eigenvalue weighted by Crippen LogP contribution is 2.20. The average molecular weight is 336 g/mol. The van der Waals surface area contributed by atoms with Gasteiger partial charge in [-0.05, 0) is 49.2 Å². The number of hydrogen-bond acceptors (Lipinski definition) is 4. The summed E-state index contributed by atoms with van der Waals surface area (Å²) in [5.74, 6) is 1.86. The van der Waals surface area contributed by atoms with E-state index in [4.69, 9.17) is 9.73 Å². The number of carbonyl (C=O) groups excluding carboxylic acids is 1. The van der Waals surface area contributed by atoms with Gasteiger partial charge in [0.2, 0.25) is 0 Å². The monoisotopic (exact) mass is 336 g/mol. The molecule has 0 fully saturated rings. The molecule has 4 heteroatoms. The summed E-state index contributed by atoms with van der Waals surface area (Å²) in [4.78, 5) is 19.6. The fraction of sp³-hybridized carbons (Fsp3) is 0.333. The van der Waals surface area contributed by atoms with Crippen molar-refractivity contribution in [2.75, 3.05) is 25.1 Å². The predicted molar refractivity (Wildman–Crippen MR) is 102 cm³/mol. The minimum absolute atomic E-state index is 0.0819. The Balaban J connectivity index is 1.83. The molecular weight excluding hydrogens is 312 g/mol. The van der Waals surface area contributed by atoms with Gasteiger partial charge >= 0.3 is 0 Å². The van der Waals surface area contributed by atoms with E-state index >= 15 is 0 Å². The molecule has 0 atom stereocenters. The maximum absolute atomic E-state index is 12.8. The summed E-state index contributed by atoms with van der Waals surface area (Å²) in [6, 6.07) is 17.3. The summed E-state index contributed by atoms with van der Waals surface area (Å²) in [6.45, 7) is 1.14. The van der Waals surface area contributed by atoms with E-state index < -0.39 is 0 Å². The second kappa shape index (κ2) is 8.47. The molecule has 1 aliphatic rings. The number of benzene rings is 2. The highest BCUT2D eigenvalue weighted by molar-refractivity contribution is 6.07. The van der Waals surface area contributed by atoms with Gasteiger partial charge in [0.25, 0.3) is 0 Å². The van der Waals surface area contributed by atoms with Crippen molar-refractivity contribution in [1.29, 1.82) is 0 Å². The van der Waals surface area contributed by atoms with Gasteiger partial charge in [-0.3, -0.25) is 9.79 Å². The summed E-state index contributed by atoms with van der Waals surface area (Å²) < 4.78 is 5.17. The van der Waals surface area contributed by atoms with E-state index in [0.29, 0.717) is 12.1 Å². The topological polar surface area (TPSA) is 41.9 Å². The first kappa shape index (κ1) is 17.2. The zero-order valence-electron chi connectivity index (χ0n) is 14.6. The normalized spacial score (nSPS) is 14.4. The fourth-order valence-electron chi connectivity index (χ4n) is 3.03. The van der Waals surface area contributed by atoms with Gasteiger partial charge in [0.15, 0.2) is 5.78 Å². The average Bonchev–Trinajstić information content (AvgIpc) is 2.96. The number of nitrogens with zero attached hydrogens (tertiary/aromatic N) is 2. The highest BCUT2D eigenvalue weighted by atomic mass is 16.5. The van der Waals surface area contributed by atoms with Crippen LogP contribution in [0, 0.1) is 0 Å². The van der Waals surface area contributed by atoms with Crippen molar-refractivity contribution in [2.45, 2.75) is 25.7 Å². The Morgan fingerprint density at radius 2 is 1.80 bits per heavy atom. The second-order valence-corrected chi connectivity index (χ2v) is 6.18. The summed E-state index contributed by atoms with van der Waals surface area (Å²) in [6.07, 6.45) is 4.37. The number of ether oxygens (including phenoxy) is 1. The summed E-state index contributed by atoms with van der Waals surface area (Å²) in [5.41, 5.74) is 1.71. The van der Waals surface area contributed by atoms with Gasteiger partial charge in [0.1, 0.15) is 11.6 Å². The third-order valence-electron chi connectivity index (χ3n) is 4.45. The lowest BCUT2D eigenvalue weighted by molar-refractivity contribution is 0.100. The van der Waals surface area contributed by atoms with Crippen molar-refractivity contribution in [3.05, 3.63) is 60.2 Å². The molecule has 0 amide bonds. The molecule has 0 aromatic heterocycles. The number of ketones is 1. The molecule has 0 N–H and O–H groups in total. The largest absolute Gasteiger partial charge is 0.497 e. The van der Waals surface area contributed by atoms with Gasteiger partial charge < -0.3 is 9.64 Å². The third-order valence-corrected chi connectivity index (χ3v) is 4.45. The molecule has 0 radical (unpaired) electrons. The van der Waals surface area contributed by atoms with Gasteiger partial charge in [0.05, 0.1) is 13.7 Å². The third kappa shape index (κ3) is 4.47. The number of anilines is 1. The van der Waals surface area contributed by atoms with Crippen LogP contribution in [0.15, 0.2) is 59.6 Å². The molecule has 0 saturated carbocycles. The first-order valence-electron chi connectivity index (χ1n) is 8.81. The number of methoxy groups -OCH3 is 1. The van der Waals surface area contributed by atoms with Gasteiger partial charge in [-0.25, -0.2) is 0 Å². The lowest BCUT2D eigenvalue weighted by atomic mass is 10.1. The molecule has 3 rings (SSSR count). The summed E-state index contributed by atoms with van der Waals surface area (Å²) in [5, 5.41) is 0. The molecule has 4 nitrogen and oxygen atoms in total. The molecule has 1 aliphatic heterocycles. The molecule has 0 aliphatic carbocycles. The van der Waals surface area contributed by atoms with E-state index in [1.54, 1.807) is 7.11 Å². The van der Waals surface area contributed by atoms with Crippen LogP contribution in [0.3, 0.4) is 0 Å². The molecule has 25 heavy (non-hydrogen) atoms. The smallest absolute Gasteiger partial charge is 0.182 e. The first-order chi connectivity index (χ1) is 12.3. The highest BCUT2D eigenvalue weighted by Gasteiger charge is 2.19. The van der Waals surface area contributed by atoms with Gasteiger partial charge in [-0.15, -0.1) is 0 Å². The van der Waals surface area contributed by atoms with Crippen molar-refractivity contribution in [2.24, 2.45) is 4.99 Å². The lowest BCUT2D eigenvalue weighted by Gasteiger charge is -2.25. The minimum Gasteiger partial charge on any atom is -0.497 e. The number of hydrogen-bond donors (Lipinski definition) is 0. The maximum Gasteiger partial charge on any atom is 0.182 e. The number of para-hydroxylation sites is 1. The minimum atomic E-state index is 0.0819. The van der Waals surface area contributed by atoms with Gasteiger partial charge in [-0.2, -0.15) is 0 Å². The van der Waals surface area contributed by atoms with E-state index in [1.165, 1.54) is 6.42 Å². The van der Waals surface area contributed by atoms with Gasteiger partial charge in [-0.1, -0.05) is 24.6 Å². The van der Waals surface area contributed by atoms with Crippen LogP contribution in [0.4, 0.5) is 5.69 Å². The summed E-state index contributed by atoms with van der Waals surface area (Å²) >= 11 is 0. The molecule has 2 aromatic rings. The molecule has 0 bridgehead atoms. The Labute approximate surface area is 149 Å². The fourth-order valence-corrected chi connectivity index (χ4v) is 3.03. The maximum atomic E-state index is 12.8. The van der Waals surface area contributed by atoms with Crippen molar-refractivity contribution in [3.63, 3.8) is 0 Å². The Morgan fingerprint density at radius 1 is 1.04 bits per heavy atom. The van der Waals surface area contributed by atoms with Crippen molar-refractivity contribution >= 4 is 17.3 Å². The number of aliphatic imine (C=N–C) groups is 1. The number of carbonyl (C=O) groups is 1. The van der Waals surface area contributed by atoms with Crippen LogP contribution >= 0.6 is 0 Å². The standard InChI is InChI=1S/C21H24N2O2/c1-25-19-13-11-17(12-14-19)20(24)16-23(18-8-4-2-5-9-18)21-10-6-3-7-15-22-21/h2,4-5,8-9,11-14H,3,6-7,10,15-16H2,1H3. The van der Waals surface area contributed by atoms with Crippen LogP contribution in [0.25, 0.3) is 0 Å². The molecule has 130 valence electrons. The van der Waals surface area contributed by atoms with Crippen LogP contribution in [0.1, 0.15) is 36.0 Å². The predicted octanol–water partition coefficient (Wildman–Crippen LogP) is 4.36. The molecular formula is C21H24N2O2. The number of amidine groups is 1. The van der Waals surface area contributed by atoms with Crippen LogP contribution in [0.5, 0.6) is 5.75 Å². The van der Waals surface area contributed by atoms with Crippen LogP contribution in [0.2, 0.25) is 0 Å². The van der Waals surface area contributed by atoms with E-state index in [1.807, 2.05) is 54.6 Å². The first-order valence-corrected chi connectivity index (χ1v) is 8.81. The van der Waals surface area contributed by atoms with E-state index in [-0.39, 0.29) is 5.78 Å². The number of rotatable bonds is 5. The molecule has 0 unspecified atom stereocenters. The Morgan fingerprint density at radius 3 is 2.52 bits per heavy atom. The van der Waals surface area contributed by atoms with Crippen LogP contribution in [-0.4, -0.2) is 31.8 Å². The molecule has 2 aromatic carbocycles. The molecule has 0 saturated heterocycles. The Hall–Kier alpha value is -2.62. The Bertz CT molecular complexity index is 723. The molecule has 0 spiro atoms. The Kier molecular flexibility index (Phi) is 5.83. The van der Waals surface area contributed by atoms with E-state index in [9.17, 15) is 4.79 Å². The lowest BCUT2D eigenvalue weighted by Crippen LogP contribution is -2.35. The zero-order chi connectivity index (χ0) is 17.5. The SMILES string of the molecule is COc1ccc(C(=O)CN(C2=NCCCCC2)c2ccccc2)cc1. The second-order valence-electron chi connectivity index (χ2n) is 6.18. The van der Waals surface area contributed by atoms with Crippen molar-refractivity contribution < 1.29 is 9.53 Å².